The maximum atomic E-state index is 10.6. The van der Waals surface area contributed by atoms with Crippen molar-refractivity contribution in [2.24, 2.45) is 11.7 Å². The average Bonchev–Trinajstić information content (AvgIpc) is 1.85. The monoisotopic (exact) mass is 174 g/mol. The first kappa shape index (κ1) is 11.4. The van der Waals surface area contributed by atoms with Crippen molar-refractivity contribution in [1.82, 2.24) is 4.90 Å². The zero-order chi connectivity index (χ0) is 9.89. The Kier molecular flexibility index (Phi) is 4.20. The van der Waals surface area contributed by atoms with E-state index in [-0.39, 0.29) is 12.0 Å². The third-order valence-corrected chi connectivity index (χ3v) is 1.93. The molecule has 1 unspecified atom stereocenters. The first-order valence-corrected chi connectivity index (χ1v) is 4.02. The highest BCUT2D eigenvalue weighted by atomic mass is 16.4. The van der Waals surface area contributed by atoms with Gasteiger partial charge in [-0.15, -0.1) is 0 Å². The van der Waals surface area contributed by atoms with E-state index in [2.05, 4.69) is 0 Å². The van der Waals surface area contributed by atoms with E-state index in [1.54, 1.807) is 0 Å². The molecule has 0 rings (SSSR count). The molecule has 0 saturated heterocycles. The lowest BCUT2D eigenvalue weighted by Crippen LogP contribution is -2.51. The molecule has 0 aliphatic carbocycles. The number of nitrogens with two attached hydrogens (primary N) is 1. The van der Waals surface area contributed by atoms with E-state index < -0.39 is 12.0 Å². The molecule has 4 nitrogen and oxygen atoms in total. The van der Waals surface area contributed by atoms with Crippen LogP contribution in [0.2, 0.25) is 0 Å². The van der Waals surface area contributed by atoms with Crippen molar-refractivity contribution in [3.05, 3.63) is 0 Å². The Balaban J connectivity index is 4.40. The molecule has 12 heavy (non-hydrogen) atoms. The number of hydrogen-bond acceptors (Lipinski definition) is 3. The third-order valence-electron chi connectivity index (χ3n) is 1.93. The van der Waals surface area contributed by atoms with Gasteiger partial charge in [-0.25, -0.2) is 0 Å². The van der Waals surface area contributed by atoms with Gasteiger partial charge in [0.05, 0.1) is 0 Å². The van der Waals surface area contributed by atoms with Crippen molar-refractivity contribution in [3.8, 4) is 0 Å². The van der Waals surface area contributed by atoms with Gasteiger partial charge >= 0.3 is 5.97 Å². The molecule has 72 valence electrons. The Morgan fingerprint density at radius 1 is 1.42 bits per heavy atom. The summed E-state index contributed by atoms with van der Waals surface area (Å²) in [6.07, 6.45) is 0. The van der Waals surface area contributed by atoms with Gasteiger partial charge < -0.3 is 15.7 Å². The highest BCUT2D eigenvalue weighted by Gasteiger charge is 2.28. The van der Waals surface area contributed by atoms with E-state index in [4.69, 9.17) is 10.8 Å². The summed E-state index contributed by atoms with van der Waals surface area (Å²) in [5.41, 5.74) is 5.52. The van der Waals surface area contributed by atoms with E-state index in [1.807, 2.05) is 32.8 Å². The lowest BCUT2D eigenvalue weighted by atomic mass is 9.96. The molecule has 0 amide bonds. The molecule has 0 radical (unpaired) electrons. The third kappa shape index (κ3) is 2.79. The predicted molar refractivity (Wildman–Crippen MR) is 47.9 cm³/mol. The summed E-state index contributed by atoms with van der Waals surface area (Å²) in [6, 6.07) is -0.914. The van der Waals surface area contributed by atoms with Crippen molar-refractivity contribution < 1.29 is 9.90 Å². The van der Waals surface area contributed by atoms with Gasteiger partial charge in [0.25, 0.3) is 0 Å². The summed E-state index contributed by atoms with van der Waals surface area (Å²) in [5, 5.41) is 8.70. The highest BCUT2D eigenvalue weighted by molar-refractivity contribution is 5.74. The molecule has 0 aromatic heterocycles. The maximum absolute atomic E-state index is 10.6. The number of carboxylic acid groups (broad SMARTS) is 1. The van der Waals surface area contributed by atoms with Crippen molar-refractivity contribution in [2.45, 2.75) is 25.9 Å². The second-order valence-electron chi connectivity index (χ2n) is 3.56. The summed E-state index contributed by atoms with van der Waals surface area (Å²) in [5.74, 6) is -0.700. The first-order valence-electron chi connectivity index (χ1n) is 4.02. The van der Waals surface area contributed by atoms with Gasteiger partial charge in [0.2, 0.25) is 0 Å². The lowest BCUT2D eigenvalue weighted by molar-refractivity contribution is -0.140. The van der Waals surface area contributed by atoms with Gasteiger partial charge in [-0.2, -0.15) is 0 Å². The summed E-state index contributed by atoms with van der Waals surface area (Å²) in [6.45, 7) is 3.93. The number of nitrogens with zero attached hydrogens (tertiary/aromatic N) is 1. The SMILES string of the molecule is CC(C)C([C@H](N)C(=O)O)N(C)C. The van der Waals surface area contributed by atoms with Crippen LogP contribution in [0.25, 0.3) is 0 Å². The molecule has 0 aromatic rings. The van der Waals surface area contributed by atoms with Crippen molar-refractivity contribution in [2.75, 3.05) is 14.1 Å². The summed E-state index contributed by atoms with van der Waals surface area (Å²) < 4.78 is 0. The van der Waals surface area contributed by atoms with Crippen LogP contribution in [0.5, 0.6) is 0 Å². The highest BCUT2D eigenvalue weighted by Crippen LogP contribution is 2.10. The van der Waals surface area contributed by atoms with Crippen LogP contribution in [0.15, 0.2) is 0 Å². The van der Waals surface area contributed by atoms with E-state index in [1.165, 1.54) is 0 Å². The molecule has 4 heteroatoms. The Hall–Kier alpha value is -0.610. The zero-order valence-electron chi connectivity index (χ0n) is 8.11. The van der Waals surface area contributed by atoms with Gasteiger partial charge in [-0.05, 0) is 20.0 Å². The largest absolute Gasteiger partial charge is 0.480 e. The summed E-state index contributed by atoms with van der Waals surface area (Å²) in [4.78, 5) is 12.4. The minimum atomic E-state index is -0.942. The molecular formula is C8H18N2O2. The van der Waals surface area contributed by atoms with Crippen LogP contribution in [0, 0.1) is 5.92 Å². The fourth-order valence-electron chi connectivity index (χ4n) is 1.48. The normalized spacial score (nSPS) is 16.6. The van der Waals surface area contributed by atoms with Crippen LogP contribution in [0.3, 0.4) is 0 Å². The van der Waals surface area contributed by atoms with Crippen molar-refractivity contribution in [3.63, 3.8) is 0 Å². The van der Waals surface area contributed by atoms with Gasteiger partial charge in [0.1, 0.15) is 6.04 Å². The van der Waals surface area contributed by atoms with Crippen molar-refractivity contribution in [1.29, 1.82) is 0 Å². The standard InChI is InChI=1S/C8H18N2O2/c1-5(2)7(10(3)4)6(9)8(11)12/h5-7H,9H2,1-4H3,(H,11,12)/t6-,7?/m0/s1. The lowest BCUT2D eigenvalue weighted by Gasteiger charge is -2.30. The van der Waals surface area contributed by atoms with Crippen LogP contribution in [0.1, 0.15) is 13.8 Å². The summed E-state index contributed by atoms with van der Waals surface area (Å²) >= 11 is 0. The quantitative estimate of drug-likeness (QED) is 0.629. The second kappa shape index (κ2) is 4.42. The topological polar surface area (TPSA) is 66.6 Å². The molecule has 0 saturated carbocycles. The Morgan fingerprint density at radius 2 is 1.83 bits per heavy atom. The Morgan fingerprint density at radius 3 is 1.92 bits per heavy atom. The molecule has 0 bridgehead atoms. The molecule has 0 heterocycles. The van der Waals surface area contributed by atoms with Crippen LogP contribution < -0.4 is 5.73 Å². The molecular weight excluding hydrogens is 156 g/mol. The molecule has 3 N–H and O–H groups in total. The van der Waals surface area contributed by atoms with Gasteiger partial charge in [-0.3, -0.25) is 4.79 Å². The van der Waals surface area contributed by atoms with Gasteiger partial charge in [-0.1, -0.05) is 13.8 Å². The first-order chi connectivity index (χ1) is 5.37. The van der Waals surface area contributed by atoms with E-state index in [9.17, 15) is 4.79 Å². The Labute approximate surface area is 73.3 Å². The molecule has 0 aliphatic rings. The van der Waals surface area contributed by atoms with Crippen LogP contribution in [-0.4, -0.2) is 42.2 Å². The predicted octanol–water partition coefficient (Wildman–Crippen LogP) is -0.0155. The molecule has 0 aromatic carbocycles. The van der Waals surface area contributed by atoms with Crippen LogP contribution in [-0.2, 0) is 4.79 Å². The van der Waals surface area contributed by atoms with E-state index in [0.29, 0.717) is 0 Å². The minimum absolute atomic E-state index is 0.109. The number of carbonyl (C=O) groups is 1. The number of rotatable bonds is 4. The average molecular weight is 174 g/mol. The number of likely N-dealkylation sites (N-methyl/N-ethyl adjacent to an activating group) is 1. The van der Waals surface area contributed by atoms with E-state index in [0.717, 1.165) is 0 Å². The van der Waals surface area contributed by atoms with Crippen molar-refractivity contribution >= 4 is 5.97 Å². The molecule has 0 aliphatic heterocycles. The number of hydrogen-bond donors (Lipinski definition) is 2. The fourth-order valence-corrected chi connectivity index (χ4v) is 1.48. The number of aliphatic carboxylic acids is 1. The van der Waals surface area contributed by atoms with Gasteiger partial charge in [0.15, 0.2) is 0 Å². The van der Waals surface area contributed by atoms with Gasteiger partial charge in [0, 0.05) is 6.04 Å². The maximum Gasteiger partial charge on any atom is 0.322 e. The smallest absolute Gasteiger partial charge is 0.322 e. The fraction of sp³-hybridized carbons (Fsp3) is 0.875. The zero-order valence-corrected chi connectivity index (χ0v) is 8.11. The second-order valence-corrected chi connectivity index (χ2v) is 3.56. The minimum Gasteiger partial charge on any atom is -0.480 e. The Bertz CT molecular complexity index is 149. The molecule has 0 fully saturated rings. The van der Waals surface area contributed by atoms with Crippen LogP contribution >= 0.6 is 0 Å². The summed E-state index contributed by atoms with van der Waals surface area (Å²) in [7, 11) is 3.68. The molecule has 0 spiro atoms. The van der Waals surface area contributed by atoms with Crippen LogP contribution in [0.4, 0.5) is 0 Å². The number of carboxylic acids is 1. The molecule has 2 atom stereocenters. The van der Waals surface area contributed by atoms with E-state index >= 15 is 0 Å².